The molecule has 124 valence electrons. The molecular weight excluding hydrogens is 302 g/mol. The molecule has 2 aromatic rings. The van der Waals surface area contributed by atoms with Crippen molar-refractivity contribution in [2.75, 3.05) is 20.7 Å². The highest BCUT2D eigenvalue weighted by molar-refractivity contribution is 5.76. The molecule has 2 aromatic heterocycles. The first-order chi connectivity index (χ1) is 11.1. The van der Waals surface area contributed by atoms with Gasteiger partial charge in [0.1, 0.15) is 0 Å². The summed E-state index contributed by atoms with van der Waals surface area (Å²) >= 11 is 0. The maximum atomic E-state index is 12.0. The van der Waals surface area contributed by atoms with E-state index in [1.54, 1.807) is 24.1 Å². The van der Waals surface area contributed by atoms with Crippen molar-refractivity contribution in [1.82, 2.24) is 15.0 Å². The lowest BCUT2D eigenvalue weighted by Crippen LogP contribution is -2.28. The number of esters is 1. The summed E-state index contributed by atoms with van der Waals surface area (Å²) in [5.74, 6) is 0.942. The summed E-state index contributed by atoms with van der Waals surface area (Å²) in [6.45, 7) is 0.495. The first-order valence-electron chi connectivity index (χ1n) is 7.27. The predicted molar refractivity (Wildman–Crippen MR) is 79.2 cm³/mol. The van der Waals surface area contributed by atoms with Crippen molar-refractivity contribution in [3.63, 3.8) is 0 Å². The molecule has 0 spiro atoms. The van der Waals surface area contributed by atoms with Crippen LogP contribution in [0.15, 0.2) is 27.3 Å². The highest BCUT2D eigenvalue weighted by Gasteiger charge is 2.14. The van der Waals surface area contributed by atoms with Gasteiger partial charge in [0.25, 0.3) is 0 Å². The molecule has 23 heavy (non-hydrogen) atoms. The number of amides is 1. The number of nitrogens with zero attached hydrogens (tertiary/aromatic N) is 3. The lowest BCUT2D eigenvalue weighted by molar-refractivity contribution is -0.141. The molecular formula is C15H19N3O5. The molecule has 1 amide bonds. The molecule has 0 saturated heterocycles. The molecule has 0 atom stereocenters. The molecule has 0 unspecified atom stereocenters. The van der Waals surface area contributed by atoms with Crippen LogP contribution in [0.2, 0.25) is 0 Å². The Morgan fingerprint density at radius 2 is 2.17 bits per heavy atom. The molecule has 0 bridgehead atoms. The van der Waals surface area contributed by atoms with Crippen molar-refractivity contribution >= 4 is 11.9 Å². The van der Waals surface area contributed by atoms with Gasteiger partial charge in [-0.1, -0.05) is 5.16 Å². The molecule has 8 heteroatoms. The van der Waals surface area contributed by atoms with Gasteiger partial charge in [-0.2, -0.15) is 4.98 Å². The summed E-state index contributed by atoms with van der Waals surface area (Å²) in [4.78, 5) is 28.8. The Morgan fingerprint density at radius 3 is 2.87 bits per heavy atom. The second-order valence-corrected chi connectivity index (χ2v) is 4.98. The van der Waals surface area contributed by atoms with Gasteiger partial charge in [-0.05, 0) is 18.6 Å². The van der Waals surface area contributed by atoms with Crippen LogP contribution in [0.1, 0.15) is 25.2 Å². The van der Waals surface area contributed by atoms with Crippen molar-refractivity contribution in [3.8, 4) is 11.6 Å². The van der Waals surface area contributed by atoms with Crippen LogP contribution >= 0.6 is 0 Å². The SMILES string of the molecule is COC(=O)CCCN(C)C(=O)CCc1nc(-c2ccco2)no1. The zero-order valence-corrected chi connectivity index (χ0v) is 13.2. The summed E-state index contributed by atoms with van der Waals surface area (Å²) < 4.78 is 14.8. The van der Waals surface area contributed by atoms with Crippen molar-refractivity contribution in [1.29, 1.82) is 0 Å². The van der Waals surface area contributed by atoms with Gasteiger partial charge in [-0.25, -0.2) is 0 Å². The number of methoxy groups -OCH3 is 1. The first-order valence-corrected chi connectivity index (χ1v) is 7.27. The van der Waals surface area contributed by atoms with Crippen LogP contribution in [-0.2, 0) is 20.7 Å². The minimum atomic E-state index is -0.276. The summed E-state index contributed by atoms with van der Waals surface area (Å²) in [6.07, 6.45) is 3.00. The van der Waals surface area contributed by atoms with E-state index in [0.29, 0.717) is 43.3 Å². The van der Waals surface area contributed by atoms with Gasteiger partial charge >= 0.3 is 5.97 Å². The smallest absolute Gasteiger partial charge is 0.305 e. The second kappa shape index (κ2) is 8.11. The maximum absolute atomic E-state index is 12.0. The average Bonchev–Trinajstić information content (AvgIpc) is 3.23. The van der Waals surface area contributed by atoms with E-state index in [9.17, 15) is 9.59 Å². The van der Waals surface area contributed by atoms with Gasteiger partial charge in [-0.15, -0.1) is 0 Å². The highest BCUT2D eigenvalue weighted by Crippen LogP contribution is 2.16. The number of ether oxygens (including phenoxy) is 1. The first kappa shape index (κ1) is 16.7. The second-order valence-electron chi connectivity index (χ2n) is 4.98. The highest BCUT2D eigenvalue weighted by atomic mass is 16.5. The fraction of sp³-hybridized carbons (Fsp3) is 0.467. The monoisotopic (exact) mass is 321 g/mol. The molecule has 0 N–H and O–H groups in total. The molecule has 0 aliphatic heterocycles. The molecule has 0 aliphatic carbocycles. The zero-order valence-electron chi connectivity index (χ0n) is 13.2. The third kappa shape index (κ3) is 4.94. The van der Waals surface area contributed by atoms with E-state index in [1.807, 2.05) is 0 Å². The topological polar surface area (TPSA) is 98.7 Å². The van der Waals surface area contributed by atoms with Crippen LogP contribution in [0.4, 0.5) is 0 Å². The molecule has 0 fully saturated rings. The maximum Gasteiger partial charge on any atom is 0.305 e. The van der Waals surface area contributed by atoms with Gasteiger partial charge in [0.15, 0.2) is 5.76 Å². The van der Waals surface area contributed by atoms with Crippen molar-refractivity contribution < 1.29 is 23.3 Å². The van der Waals surface area contributed by atoms with Crippen molar-refractivity contribution in [2.24, 2.45) is 0 Å². The lowest BCUT2D eigenvalue weighted by atomic mass is 10.2. The zero-order chi connectivity index (χ0) is 16.7. The van der Waals surface area contributed by atoms with Crippen LogP contribution in [0.5, 0.6) is 0 Å². The summed E-state index contributed by atoms with van der Waals surface area (Å²) in [7, 11) is 3.04. The minimum Gasteiger partial charge on any atom is -0.469 e. The van der Waals surface area contributed by atoms with E-state index in [-0.39, 0.29) is 18.3 Å². The number of hydrogen-bond acceptors (Lipinski definition) is 7. The van der Waals surface area contributed by atoms with Crippen LogP contribution < -0.4 is 0 Å². The molecule has 0 saturated carbocycles. The predicted octanol–water partition coefficient (Wildman–Crippen LogP) is 1.67. The van der Waals surface area contributed by atoms with Crippen LogP contribution in [0, 0.1) is 0 Å². The standard InChI is InChI=1S/C15H19N3O5/c1-18(9-3-6-14(20)21-2)13(19)8-7-12-16-15(17-23-12)11-5-4-10-22-11/h4-5,10H,3,6-9H2,1-2H3. The molecule has 0 radical (unpaired) electrons. The van der Waals surface area contributed by atoms with E-state index in [2.05, 4.69) is 14.9 Å². The summed E-state index contributed by atoms with van der Waals surface area (Å²) in [5, 5.41) is 3.80. The third-order valence-corrected chi connectivity index (χ3v) is 3.29. The van der Waals surface area contributed by atoms with Crippen molar-refractivity contribution in [2.45, 2.75) is 25.7 Å². The Hall–Kier alpha value is -2.64. The third-order valence-electron chi connectivity index (χ3n) is 3.29. The molecule has 2 heterocycles. The summed E-state index contributed by atoms with van der Waals surface area (Å²) in [5.41, 5.74) is 0. The largest absolute Gasteiger partial charge is 0.469 e. The number of furan rings is 1. The number of carbonyl (C=O) groups is 2. The number of hydrogen-bond donors (Lipinski definition) is 0. The van der Waals surface area contributed by atoms with Gasteiger partial charge in [-0.3, -0.25) is 9.59 Å². The average molecular weight is 321 g/mol. The Labute approximate surface area is 133 Å². The fourth-order valence-corrected chi connectivity index (χ4v) is 1.95. The normalized spacial score (nSPS) is 10.5. The number of rotatable bonds is 8. The number of aromatic nitrogens is 2. The molecule has 0 aromatic carbocycles. The van der Waals surface area contributed by atoms with Crippen LogP contribution in [-0.4, -0.2) is 47.6 Å². The summed E-state index contributed by atoms with van der Waals surface area (Å²) in [6, 6.07) is 3.47. The van der Waals surface area contributed by atoms with E-state index in [4.69, 9.17) is 8.94 Å². The Kier molecular flexibility index (Phi) is 5.90. The fourth-order valence-electron chi connectivity index (χ4n) is 1.95. The van der Waals surface area contributed by atoms with Crippen molar-refractivity contribution in [3.05, 3.63) is 24.3 Å². The van der Waals surface area contributed by atoms with E-state index in [0.717, 1.165) is 0 Å². The van der Waals surface area contributed by atoms with Crippen LogP contribution in [0.3, 0.4) is 0 Å². The Bertz CT molecular complexity index is 635. The van der Waals surface area contributed by atoms with E-state index < -0.39 is 0 Å². The van der Waals surface area contributed by atoms with Gasteiger partial charge in [0, 0.05) is 32.9 Å². The lowest BCUT2D eigenvalue weighted by Gasteiger charge is -2.16. The van der Waals surface area contributed by atoms with E-state index in [1.165, 1.54) is 13.4 Å². The van der Waals surface area contributed by atoms with Crippen LogP contribution in [0.25, 0.3) is 11.6 Å². The van der Waals surface area contributed by atoms with E-state index >= 15 is 0 Å². The molecule has 0 aliphatic rings. The Balaban J connectivity index is 1.74. The molecule has 2 rings (SSSR count). The Morgan fingerprint density at radius 1 is 1.35 bits per heavy atom. The quantitative estimate of drug-likeness (QED) is 0.682. The number of aryl methyl sites for hydroxylation is 1. The van der Waals surface area contributed by atoms with Gasteiger partial charge in [0.2, 0.25) is 17.6 Å². The molecule has 8 nitrogen and oxygen atoms in total. The van der Waals surface area contributed by atoms with Gasteiger partial charge in [0.05, 0.1) is 13.4 Å². The van der Waals surface area contributed by atoms with Gasteiger partial charge < -0.3 is 18.6 Å². The minimum absolute atomic E-state index is 0.0485. The number of carbonyl (C=O) groups excluding carboxylic acids is 2.